The van der Waals surface area contributed by atoms with Crippen molar-refractivity contribution in [3.05, 3.63) is 59.2 Å². The van der Waals surface area contributed by atoms with Crippen LogP contribution in [0.1, 0.15) is 23.6 Å². The molecule has 0 saturated carbocycles. The Hall–Kier alpha value is -2.55. The Labute approximate surface area is 117 Å². The fourth-order valence-electron chi connectivity index (χ4n) is 2.54. The molecular weight excluding hydrogens is 250 g/mol. The quantitative estimate of drug-likeness (QED) is 0.774. The topological polar surface area (TPSA) is 49.3 Å². The molecule has 0 radical (unpaired) electrons. The van der Waals surface area contributed by atoms with Crippen LogP contribution >= 0.6 is 0 Å². The van der Waals surface area contributed by atoms with E-state index < -0.39 is 0 Å². The van der Waals surface area contributed by atoms with Gasteiger partial charge >= 0.3 is 0 Å². The lowest BCUT2D eigenvalue weighted by atomic mass is 9.96. The summed E-state index contributed by atoms with van der Waals surface area (Å²) in [5.41, 5.74) is 5.27. The molecule has 0 aromatic heterocycles. The van der Waals surface area contributed by atoms with Crippen LogP contribution in [0.3, 0.4) is 0 Å². The van der Waals surface area contributed by atoms with Crippen LogP contribution in [-0.2, 0) is 4.79 Å². The Balaban J connectivity index is 2.21. The minimum absolute atomic E-state index is 0.0913. The molecule has 0 unspecified atom stereocenters. The van der Waals surface area contributed by atoms with Crippen LogP contribution in [0.15, 0.2) is 42.5 Å². The van der Waals surface area contributed by atoms with E-state index in [0.29, 0.717) is 5.57 Å². The smallest absolute Gasteiger partial charge is 0.256 e. The molecule has 0 spiro atoms. The predicted molar refractivity (Wildman–Crippen MR) is 80.4 cm³/mol. The molecule has 0 bridgehead atoms. The number of benzene rings is 2. The van der Waals surface area contributed by atoms with Gasteiger partial charge in [-0.2, -0.15) is 0 Å². The van der Waals surface area contributed by atoms with Gasteiger partial charge in [-0.25, -0.2) is 0 Å². The first-order valence-corrected chi connectivity index (χ1v) is 6.49. The van der Waals surface area contributed by atoms with Crippen LogP contribution in [-0.4, -0.2) is 11.0 Å². The first-order chi connectivity index (χ1) is 9.56. The normalized spacial score (nSPS) is 15.8. The molecule has 100 valence electrons. The standard InChI is InChI=1S/C17H15NO2/c1-10-6-7-15-14(8-10)16(17(20)18-15)11(2)12-4-3-5-13(19)9-12/h3-9,19H,1-2H3,(H,18,20). The number of phenols is 1. The lowest BCUT2D eigenvalue weighted by molar-refractivity contribution is -0.110. The second-order valence-electron chi connectivity index (χ2n) is 5.05. The number of anilines is 1. The van der Waals surface area contributed by atoms with Gasteiger partial charge in [0.25, 0.3) is 5.91 Å². The summed E-state index contributed by atoms with van der Waals surface area (Å²) in [5, 5.41) is 12.5. The number of rotatable bonds is 1. The van der Waals surface area contributed by atoms with Crippen LogP contribution < -0.4 is 5.32 Å². The zero-order chi connectivity index (χ0) is 14.3. The van der Waals surface area contributed by atoms with Crippen molar-refractivity contribution in [2.45, 2.75) is 13.8 Å². The van der Waals surface area contributed by atoms with Gasteiger partial charge in [0.15, 0.2) is 0 Å². The summed E-state index contributed by atoms with van der Waals surface area (Å²) in [6.45, 7) is 3.91. The summed E-state index contributed by atoms with van der Waals surface area (Å²) in [4.78, 5) is 12.2. The highest BCUT2D eigenvalue weighted by Gasteiger charge is 2.26. The van der Waals surface area contributed by atoms with Crippen LogP contribution in [0.4, 0.5) is 5.69 Å². The lowest BCUT2D eigenvalue weighted by Crippen LogP contribution is -2.05. The monoisotopic (exact) mass is 265 g/mol. The molecule has 2 aromatic rings. The molecule has 2 aromatic carbocycles. The van der Waals surface area contributed by atoms with Crippen molar-refractivity contribution in [2.24, 2.45) is 0 Å². The van der Waals surface area contributed by atoms with E-state index in [1.165, 1.54) is 0 Å². The molecular formula is C17H15NO2. The van der Waals surface area contributed by atoms with Crippen molar-refractivity contribution < 1.29 is 9.90 Å². The molecule has 3 heteroatoms. The van der Waals surface area contributed by atoms with Crippen molar-refractivity contribution in [1.82, 2.24) is 0 Å². The number of nitrogens with one attached hydrogen (secondary N) is 1. The molecule has 1 amide bonds. The molecule has 2 N–H and O–H groups in total. The molecule has 1 aliphatic rings. The molecule has 0 fully saturated rings. The molecule has 1 aliphatic heterocycles. The van der Waals surface area contributed by atoms with E-state index >= 15 is 0 Å². The van der Waals surface area contributed by atoms with Gasteiger partial charge in [0.05, 0.1) is 5.57 Å². The maximum Gasteiger partial charge on any atom is 0.256 e. The number of fused-ring (bicyclic) bond motifs is 1. The van der Waals surface area contributed by atoms with E-state index in [1.807, 2.05) is 38.1 Å². The van der Waals surface area contributed by atoms with Crippen molar-refractivity contribution >= 4 is 22.7 Å². The largest absolute Gasteiger partial charge is 0.508 e. The average Bonchev–Trinajstić information content (AvgIpc) is 2.73. The summed E-state index contributed by atoms with van der Waals surface area (Å²) in [7, 11) is 0. The Morgan fingerprint density at radius 2 is 1.95 bits per heavy atom. The molecule has 3 rings (SSSR count). The van der Waals surface area contributed by atoms with Crippen LogP contribution in [0.2, 0.25) is 0 Å². The third-order valence-electron chi connectivity index (χ3n) is 3.57. The van der Waals surface area contributed by atoms with E-state index in [9.17, 15) is 9.90 Å². The van der Waals surface area contributed by atoms with Gasteiger partial charge in [0.2, 0.25) is 0 Å². The van der Waals surface area contributed by atoms with Crippen molar-refractivity contribution in [3.63, 3.8) is 0 Å². The number of carbonyl (C=O) groups excluding carboxylic acids is 1. The minimum Gasteiger partial charge on any atom is -0.508 e. The van der Waals surface area contributed by atoms with Gasteiger partial charge in [-0.1, -0.05) is 23.8 Å². The summed E-state index contributed by atoms with van der Waals surface area (Å²) in [5.74, 6) is 0.108. The van der Waals surface area contributed by atoms with Crippen molar-refractivity contribution in [3.8, 4) is 5.75 Å². The number of allylic oxidation sites excluding steroid dienone is 1. The van der Waals surface area contributed by atoms with E-state index in [2.05, 4.69) is 5.32 Å². The molecule has 20 heavy (non-hydrogen) atoms. The predicted octanol–water partition coefficient (Wildman–Crippen LogP) is 3.58. The van der Waals surface area contributed by atoms with E-state index in [1.54, 1.807) is 18.2 Å². The molecule has 0 saturated heterocycles. The highest BCUT2D eigenvalue weighted by Crippen LogP contribution is 2.37. The third-order valence-corrected chi connectivity index (χ3v) is 3.57. The number of hydrogen-bond acceptors (Lipinski definition) is 2. The second-order valence-corrected chi connectivity index (χ2v) is 5.05. The van der Waals surface area contributed by atoms with E-state index in [0.717, 1.165) is 28.0 Å². The summed E-state index contributed by atoms with van der Waals surface area (Å²) >= 11 is 0. The number of hydrogen-bond donors (Lipinski definition) is 2. The summed E-state index contributed by atoms with van der Waals surface area (Å²) in [6.07, 6.45) is 0. The van der Waals surface area contributed by atoms with Crippen molar-refractivity contribution in [2.75, 3.05) is 5.32 Å². The number of aromatic hydroxyl groups is 1. The first kappa shape index (κ1) is 12.5. The Morgan fingerprint density at radius 1 is 1.15 bits per heavy atom. The van der Waals surface area contributed by atoms with Gasteiger partial charge in [-0.15, -0.1) is 0 Å². The lowest BCUT2D eigenvalue weighted by Gasteiger charge is -2.07. The number of aryl methyl sites for hydroxylation is 1. The highest BCUT2D eigenvalue weighted by molar-refractivity contribution is 6.36. The van der Waals surface area contributed by atoms with Crippen molar-refractivity contribution in [1.29, 1.82) is 0 Å². The van der Waals surface area contributed by atoms with Gasteiger partial charge in [0, 0.05) is 11.3 Å². The fraction of sp³-hybridized carbons (Fsp3) is 0.118. The number of amides is 1. The van der Waals surface area contributed by atoms with Crippen LogP contribution in [0.5, 0.6) is 5.75 Å². The number of carbonyl (C=O) groups is 1. The maximum atomic E-state index is 12.2. The molecule has 0 aliphatic carbocycles. The zero-order valence-electron chi connectivity index (χ0n) is 11.4. The second kappa shape index (κ2) is 4.53. The maximum absolute atomic E-state index is 12.2. The van der Waals surface area contributed by atoms with Crippen LogP contribution in [0, 0.1) is 6.92 Å². The zero-order valence-corrected chi connectivity index (χ0v) is 11.4. The van der Waals surface area contributed by atoms with Gasteiger partial charge in [0.1, 0.15) is 5.75 Å². The Kier molecular flexibility index (Phi) is 2.83. The van der Waals surface area contributed by atoms with Crippen LogP contribution in [0.25, 0.3) is 11.1 Å². The average molecular weight is 265 g/mol. The van der Waals surface area contributed by atoms with Gasteiger partial charge in [-0.3, -0.25) is 4.79 Å². The molecule has 0 atom stereocenters. The summed E-state index contributed by atoms with van der Waals surface area (Å²) < 4.78 is 0. The van der Waals surface area contributed by atoms with E-state index in [4.69, 9.17) is 0 Å². The Bertz CT molecular complexity index is 744. The van der Waals surface area contributed by atoms with Gasteiger partial charge in [-0.05, 0) is 49.2 Å². The van der Waals surface area contributed by atoms with E-state index in [-0.39, 0.29) is 11.7 Å². The highest BCUT2D eigenvalue weighted by atomic mass is 16.3. The SMILES string of the molecule is CC(=C1C(=O)Nc2ccc(C)cc21)c1cccc(O)c1. The summed E-state index contributed by atoms with van der Waals surface area (Å²) in [6, 6.07) is 12.9. The Morgan fingerprint density at radius 3 is 2.70 bits per heavy atom. The fourth-order valence-corrected chi connectivity index (χ4v) is 2.54. The third kappa shape index (κ3) is 1.97. The molecule has 1 heterocycles. The van der Waals surface area contributed by atoms with Gasteiger partial charge < -0.3 is 10.4 Å². The minimum atomic E-state index is -0.0913. The number of phenolic OH excluding ortho intramolecular Hbond substituents is 1. The first-order valence-electron chi connectivity index (χ1n) is 6.49. The molecule has 3 nitrogen and oxygen atoms in total.